The number of hydrogen-bond acceptors (Lipinski definition) is 3. The Bertz CT molecular complexity index is 180. The van der Waals surface area contributed by atoms with Gasteiger partial charge < -0.3 is 15.8 Å². The molecular weight excluding hydrogens is 178 g/mol. The van der Waals surface area contributed by atoms with Crippen LogP contribution in [0.3, 0.4) is 0 Å². The number of rotatable bonds is 6. The maximum atomic E-state index is 8.46. The predicted octanol–water partition coefficient (Wildman–Crippen LogP) is 1.49. The zero-order valence-corrected chi connectivity index (χ0v) is 9.70. The normalized spacial score (nSPS) is 15.1. The van der Waals surface area contributed by atoms with Gasteiger partial charge in [0, 0.05) is 19.0 Å². The topological polar surface area (TPSA) is 61.8 Å². The molecule has 0 aromatic heterocycles. The van der Waals surface area contributed by atoms with Gasteiger partial charge in [-0.3, -0.25) is 0 Å². The van der Waals surface area contributed by atoms with Gasteiger partial charge in [0.25, 0.3) is 0 Å². The molecule has 4 heteroatoms. The zero-order chi connectivity index (χ0) is 11.1. The first-order valence-corrected chi connectivity index (χ1v) is 5.21. The molecule has 1 atom stereocenters. The predicted molar refractivity (Wildman–Crippen MR) is 59.6 cm³/mol. The average Bonchev–Trinajstić information content (AvgIpc) is 2.13. The average molecular weight is 201 g/mol. The molecule has 0 aliphatic heterocycles. The fourth-order valence-corrected chi connectivity index (χ4v) is 1.56. The Morgan fingerprint density at radius 2 is 2.00 bits per heavy atom. The Morgan fingerprint density at radius 3 is 2.36 bits per heavy atom. The van der Waals surface area contributed by atoms with Crippen LogP contribution in [0.4, 0.5) is 0 Å². The number of amidine groups is 1. The van der Waals surface area contributed by atoms with Gasteiger partial charge in [-0.05, 0) is 19.4 Å². The highest BCUT2D eigenvalue weighted by Gasteiger charge is 2.14. The molecule has 1 unspecified atom stereocenters. The van der Waals surface area contributed by atoms with Crippen molar-refractivity contribution in [3.63, 3.8) is 0 Å². The first kappa shape index (κ1) is 13.2. The molecule has 0 heterocycles. The summed E-state index contributed by atoms with van der Waals surface area (Å²) in [7, 11) is 0. The quantitative estimate of drug-likeness (QED) is 0.296. The highest BCUT2D eigenvalue weighted by molar-refractivity contribution is 5.80. The van der Waals surface area contributed by atoms with Crippen LogP contribution in [-0.2, 0) is 0 Å². The van der Waals surface area contributed by atoms with Crippen molar-refractivity contribution in [3.8, 4) is 0 Å². The number of oxime groups is 1. The molecule has 0 aliphatic carbocycles. The molecule has 0 aliphatic rings. The summed E-state index contributed by atoms with van der Waals surface area (Å²) >= 11 is 0. The van der Waals surface area contributed by atoms with E-state index in [9.17, 15) is 0 Å². The fourth-order valence-electron chi connectivity index (χ4n) is 1.56. The molecule has 0 saturated carbocycles. The second-order valence-electron chi connectivity index (χ2n) is 4.13. The summed E-state index contributed by atoms with van der Waals surface area (Å²) < 4.78 is 0. The highest BCUT2D eigenvalue weighted by atomic mass is 16.4. The van der Waals surface area contributed by atoms with Crippen molar-refractivity contribution in [1.29, 1.82) is 0 Å². The van der Waals surface area contributed by atoms with Gasteiger partial charge in [0.2, 0.25) is 0 Å². The van der Waals surface area contributed by atoms with Crippen LogP contribution in [0, 0.1) is 5.92 Å². The number of hydrogen-bond donors (Lipinski definition) is 2. The molecule has 0 rings (SSSR count). The van der Waals surface area contributed by atoms with Crippen LogP contribution in [-0.4, -0.2) is 35.1 Å². The van der Waals surface area contributed by atoms with Crippen LogP contribution < -0.4 is 5.73 Å². The van der Waals surface area contributed by atoms with Gasteiger partial charge in [-0.15, -0.1) is 0 Å². The van der Waals surface area contributed by atoms with Crippen LogP contribution in [0.2, 0.25) is 0 Å². The molecule has 0 aromatic rings. The molecule has 0 bridgehead atoms. The Balaban J connectivity index is 4.10. The minimum Gasteiger partial charge on any atom is -0.409 e. The Hall–Kier alpha value is -0.770. The van der Waals surface area contributed by atoms with Gasteiger partial charge in [-0.1, -0.05) is 25.9 Å². The van der Waals surface area contributed by atoms with Gasteiger partial charge in [-0.25, -0.2) is 0 Å². The molecule has 0 radical (unpaired) electrons. The minimum atomic E-state index is 0.305. The second-order valence-corrected chi connectivity index (χ2v) is 4.13. The molecule has 0 saturated heterocycles. The fraction of sp³-hybridized carbons (Fsp3) is 0.900. The van der Waals surface area contributed by atoms with Gasteiger partial charge in [0.15, 0.2) is 0 Å². The lowest BCUT2D eigenvalue weighted by Crippen LogP contribution is -2.38. The van der Waals surface area contributed by atoms with E-state index in [1.807, 2.05) is 0 Å². The Labute approximate surface area is 86.8 Å². The number of nitrogens with zero attached hydrogens (tertiary/aromatic N) is 2. The number of nitrogens with two attached hydrogens (primary N) is 1. The van der Waals surface area contributed by atoms with Crippen LogP contribution in [0.15, 0.2) is 5.16 Å². The zero-order valence-electron chi connectivity index (χ0n) is 9.70. The SMILES string of the molecule is CCN(CC(C)C)C(C)CC(N)=NO. The van der Waals surface area contributed by atoms with Gasteiger partial charge in [0.1, 0.15) is 5.84 Å². The molecule has 3 N–H and O–H groups in total. The Morgan fingerprint density at radius 1 is 1.43 bits per heavy atom. The summed E-state index contributed by atoms with van der Waals surface area (Å²) in [6, 6.07) is 0.332. The van der Waals surface area contributed by atoms with E-state index >= 15 is 0 Å². The maximum absolute atomic E-state index is 8.46. The van der Waals surface area contributed by atoms with Crippen molar-refractivity contribution in [2.45, 2.75) is 40.2 Å². The molecule has 4 nitrogen and oxygen atoms in total. The van der Waals surface area contributed by atoms with Crippen molar-refractivity contribution in [2.75, 3.05) is 13.1 Å². The lowest BCUT2D eigenvalue weighted by Gasteiger charge is -2.28. The smallest absolute Gasteiger partial charge is 0.140 e. The van der Waals surface area contributed by atoms with E-state index in [2.05, 4.69) is 37.8 Å². The van der Waals surface area contributed by atoms with Crippen molar-refractivity contribution in [1.82, 2.24) is 4.90 Å². The van der Waals surface area contributed by atoms with Crippen LogP contribution in [0.5, 0.6) is 0 Å². The third-order valence-corrected chi connectivity index (χ3v) is 2.26. The monoisotopic (exact) mass is 201 g/mol. The molecule has 84 valence electrons. The van der Waals surface area contributed by atoms with Crippen LogP contribution >= 0.6 is 0 Å². The second kappa shape index (κ2) is 6.65. The van der Waals surface area contributed by atoms with Crippen molar-refractivity contribution in [2.24, 2.45) is 16.8 Å². The first-order chi connectivity index (χ1) is 6.51. The van der Waals surface area contributed by atoms with Crippen molar-refractivity contribution in [3.05, 3.63) is 0 Å². The lowest BCUT2D eigenvalue weighted by atomic mass is 10.1. The molecule has 0 spiro atoms. The van der Waals surface area contributed by atoms with Crippen molar-refractivity contribution >= 4 is 5.84 Å². The van der Waals surface area contributed by atoms with E-state index < -0.39 is 0 Å². The van der Waals surface area contributed by atoms with Gasteiger partial charge >= 0.3 is 0 Å². The summed E-state index contributed by atoms with van der Waals surface area (Å²) in [5, 5.41) is 11.5. The summed E-state index contributed by atoms with van der Waals surface area (Å²) in [6.45, 7) is 10.7. The molecule has 0 aromatic carbocycles. The molecular formula is C10H23N3O. The highest BCUT2D eigenvalue weighted by Crippen LogP contribution is 2.07. The van der Waals surface area contributed by atoms with E-state index in [-0.39, 0.29) is 0 Å². The largest absolute Gasteiger partial charge is 0.409 e. The van der Waals surface area contributed by atoms with E-state index in [0.717, 1.165) is 13.1 Å². The van der Waals surface area contributed by atoms with Gasteiger partial charge in [-0.2, -0.15) is 0 Å². The third kappa shape index (κ3) is 5.07. The minimum absolute atomic E-state index is 0.305. The van der Waals surface area contributed by atoms with E-state index in [0.29, 0.717) is 24.2 Å². The third-order valence-electron chi connectivity index (χ3n) is 2.26. The van der Waals surface area contributed by atoms with E-state index in [1.165, 1.54) is 0 Å². The molecule has 14 heavy (non-hydrogen) atoms. The summed E-state index contributed by atoms with van der Waals surface area (Å²) in [4.78, 5) is 2.34. The molecule has 0 amide bonds. The lowest BCUT2D eigenvalue weighted by molar-refractivity contribution is 0.198. The molecule has 0 fully saturated rings. The van der Waals surface area contributed by atoms with Crippen LogP contribution in [0.25, 0.3) is 0 Å². The standard InChI is InChI=1S/C10H23N3O/c1-5-13(7-8(2)3)9(4)6-10(11)12-14/h8-9,14H,5-7H2,1-4H3,(H2,11,12). The van der Waals surface area contributed by atoms with Gasteiger partial charge in [0.05, 0.1) is 0 Å². The summed E-state index contributed by atoms with van der Waals surface area (Å²) in [6.07, 6.45) is 0.622. The first-order valence-electron chi connectivity index (χ1n) is 5.21. The van der Waals surface area contributed by atoms with Crippen LogP contribution in [0.1, 0.15) is 34.1 Å². The Kier molecular flexibility index (Phi) is 6.28. The van der Waals surface area contributed by atoms with E-state index in [4.69, 9.17) is 10.9 Å². The van der Waals surface area contributed by atoms with Crippen molar-refractivity contribution < 1.29 is 5.21 Å². The summed E-state index contributed by atoms with van der Waals surface area (Å²) in [5.74, 6) is 0.949. The van der Waals surface area contributed by atoms with E-state index in [1.54, 1.807) is 0 Å². The maximum Gasteiger partial charge on any atom is 0.140 e. The summed E-state index contributed by atoms with van der Waals surface area (Å²) in [5.41, 5.74) is 5.47.